The average molecular weight is 584 g/mol. The van der Waals surface area contributed by atoms with Gasteiger partial charge in [0.15, 0.2) is 5.69 Å². The second kappa shape index (κ2) is 11.7. The topological polar surface area (TPSA) is 185 Å². The Morgan fingerprint density at radius 3 is 2.50 bits per heavy atom. The molecule has 1 aromatic carbocycles. The van der Waals surface area contributed by atoms with Crippen LogP contribution < -0.4 is 16.3 Å². The molecule has 2 aliphatic heterocycles. The van der Waals surface area contributed by atoms with Gasteiger partial charge in [0.1, 0.15) is 23.5 Å². The van der Waals surface area contributed by atoms with Crippen molar-refractivity contribution in [2.75, 3.05) is 27.7 Å². The zero-order valence-corrected chi connectivity index (χ0v) is 23.9. The number of aromatic nitrogens is 2. The lowest BCUT2D eigenvalue weighted by Crippen LogP contribution is -2.55. The number of halogens is 1. The predicted molar refractivity (Wildman–Crippen MR) is 148 cm³/mol. The smallest absolute Gasteiger partial charge is 0.312 e. The maximum atomic E-state index is 13.7. The van der Waals surface area contributed by atoms with E-state index in [0.717, 1.165) is 11.2 Å². The van der Waals surface area contributed by atoms with Crippen molar-refractivity contribution >= 4 is 24.1 Å². The largest absolute Gasteiger partial charge is 0.501 e. The van der Waals surface area contributed by atoms with Crippen molar-refractivity contribution < 1.29 is 23.9 Å². The van der Waals surface area contributed by atoms with Gasteiger partial charge in [0, 0.05) is 46.2 Å². The van der Waals surface area contributed by atoms with E-state index in [1.165, 1.54) is 42.7 Å². The van der Waals surface area contributed by atoms with Gasteiger partial charge in [0.05, 0.1) is 0 Å². The van der Waals surface area contributed by atoms with E-state index in [1.54, 1.807) is 13.0 Å². The Labute approximate surface area is 241 Å². The van der Waals surface area contributed by atoms with Gasteiger partial charge in [-0.2, -0.15) is 0 Å². The average Bonchev–Trinajstić information content (AvgIpc) is 3.20. The van der Waals surface area contributed by atoms with E-state index in [0.29, 0.717) is 36.8 Å². The van der Waals surface area contributed by atoms with Crippen LogP contribution in [0.3, 0.4) is 0 Å². The number of benzene rings is 1. The highest BCUT2D eigenvalue weighted by Gasteiger charge is 2.54. The van der Waals surface area contributed by atoms with Gasteiger partial charge in [-0.25, -0.2) is 9.37 Å². The molecular formula is C27H34FN9O5. The maximum Gasteiger partial charge on any atom is 0.312 e. The van der Waals surface area contributed by atoms with Gasteiger partial charge in [0.2, 0.25) is 5.75 Å². The second-order valence-corrected chi connectivity index (χ2v) is 11.1. The third-order valence-corrected chi connectivity index (χ3v) is 8.26. The highest BCUT2D eigenvalue weighted by molar-refractivity contribution is 6.34. The summed E-state index contributed by atoms with van der Waals surface area (Å²) < 4.78 is 14.9. The molecule has 1 saturated carbocycles. The number of likely N-dealkylation sites (N-methyl/N-ethyl adjacent to an activating group) is 2. The first-order valence-corrected chi connectivity index (χ1v) is 13.3. The van der Waals surface area contributed by atoms with E-state index in [2.05, 4.69) is 26.1 Å². The zero-order valence-electron chi connectivity index (χ0n) is 23.9. The van der Waals surface area contributed by atoms with Crippen molar-refractivity contribution in [3.8, 4) is 5.75 Å². The van der Waals surface area contributed by atoms with Crippen LogP contribution in [0, 0.1) is 23.6 Å². The molecule has 3 heterocycles. The molecule has 0 unspecified atom stereocenters. The number of aromatic hydroxyl groups is 1. The van der Waals surface area contributed by atoms with Crippen LogP contribution in [0.4, 0.5) is 4.39 Å². The van der Waals surface area contributed by atoms with Crippen LogP contribution in [0.15, 0.2) is 33.3 Å². The fourth-order valence-corrected chi connectivity index (χ4v) is 5.72. The molecule has 0 spiro atoms. The molecule has 1 aliphatic carbocycles. The van der Waals surface area contributed by atoms with E-state index in [9.17, 15) is 28.7 Å². The minimum Gasteiger partial charge on any atom is -0.501 e. The lowest BCUT2D eigenvalue weighted by molar-refractivity contribution is -0.155. The molecule has 0 atom stereocenters. The number of fused-ring (bicyclic) bond motifs is 2. The van der Waals surface area contributed by atoms with Gasteiger partial charge in [-0.15, -0.1) is 5.11 Å². The Hall–Kier alpha value is -4.69. The van der Waals surface area contributed by atoms with Crippen LogP contribution >= 0.6 is 0 Å². The number of amides is 3. The van der Waals surface area contributed by atoms with Crippen molar-refractivity contribution in [2.24, 2.45) is 15.8 Å². The van der Waals surface area contributed by atoms with E-state index in [-0.39, 0.29) is 31.3 Å². The van der Waals surface area contributed by atoms with Gasteiger partial charge in [0.25, 0.3) is 11.5 Å². The Morgan fingerprint density at radius 1 is 1.19 bits per heavy atom. The van der Waals surface area contributed by atoms with Gasteiger partial charge in [-0.05, 0) is 49.8 Å². The lowest BCUT2D eigenvalue weighted by atomic mass is 9.68. The van der Waals surface area contributed by atoms with Crippen LogP contribution in [-0.4, -0.2) is 76.2 Å². The third-order valence-electron chi connectivity index (χ3n) is 8.26. The maximum absolute atomic E-state index is 13.7. The Kier molecular flexibility index (Phi) is 8.40. The molecule has 4 N–H and O–H groups in total. The van der Waals surface area contributed by atoms with Crippen LogP contribution in [0.2, 0.25) is 0 Å². The third kappa shape index (κ3) is 5.45. The molecule has 1 fully saturated rings. The van der Waals surface area contributed by atoms with Crippen LogP contribution in [-0.2, 0) is 28.2 Å². The number of hydrogen-bond donors (Lipinski definition) is 4. The number of nitrogens with one attached hydrogen (secondary N) is 3. The summed E-state index contributed by atoms with van der Waals surface area (Å²) in [5.41, 5.74) is 0.648. The molecule has 5 rings (SSSR count). The first-order chi connectivity index (χ1) is 19.9. The Morgan fingerprint density at radius 2 is 1.88 bits per heavy atom. The number of nitrogens with zero attached hydrogens (tertiary/aromatic N) is 6. The predicted octanol–water partition coefficient (Wildman–Crippen LogP) is 1.21. The minimum atomic E-state index is -1.23. The number of hydrogen-bond acceptors (Lipinski definition) is 8. The normalized spacial score (nSPS) is 20.9. The highest BCUT2D eigenvalue weighted by atomic mass is 19.1. The summed E-state index contributed by atoms with van der Waals surface area (Å²) in [7, 11) is 4.39. The Bertz CT molecular complexity index is 1510. The monoisotopic (exact) mass is 583 g/mol. The quantitative estimate of drug-likeness (QED) is 0.118. The van der Waals surface area contributed by atoms with E-state index in [1.807, 2.05) is 0 Å². The number of carbonyl (C=O) groups excluding carboxylic acids is 3. The van der Waals surface area contributed by atoms with Crippen LogP contribution in [0.25, 0.3) is 0 Å². The van der Waals surface area contributed by atoms with Gasteiger partial charge < -0.3 is 20.2 Å². The SMILES string of the molecule is Cc1cc(CNC(=O)c2nc3n(c(=O)c2O)CC2(CN/N=N\C=N)CCC3(N(C)C(=O)C(=O)N(C)C)CC2)ccc1F. The number of carbonyl (C=O) groups is 3. The van der Waals surface area contributed by atoms with Crippen molar-refractivity contribution in [1.29, 1.82) is 5.41 Å². The molecule has 3 amide bonds. The molecular weight excluding hydrogens is 549 g/mol. The molecule has 0 radical (unpaired) electrons. The van der Waals surface area contributed by atoms with E-state index in [4.69, 9.17) is 5.41 Å². The molecule has 1 aromatic heterocycles. The van der Waals surface area contributed by atoms with Crippen molar-refractivity contribution in [3.63, 3.8) is 0 Å². The molecule has 224 valence electrons. The summed E-state index contributed by atoms with van der Waals surface area (Å²) in [6.45, 7) is 1.95. The summed E-state index contributed by atoms with van der Waals surface area (Å²) in [6.07, 6.45) is 2.38. The molecule has 2 aromatic rings. The Balaban J connectivity index is 1.78. The minimum absolute atomic E-state index is 0.0144. The van der Waals surface area contributed by atoms with Crippen LogP contribution in [0.1, 0.15) is 53.1 Å². The molecule has 2 bridgehead atoms. The summed E-state index contributed by atoms with van der Waals surface area (Å²) in [4.78, 5) is 59.8. The summed E-state index contributed by atoms with van der Waals surface area (Å²) >= 11 is 0. The molecule has 3 aliphatic rings. The fraction of sp³-hybridized carbons (Fsp3) is 0.481. The van der Waals surface area contributed by atoms with Crippen molar-refractivity contribution in [1.82, 2.24) is 30.1 Å². The van der Waals surface area contributed by atoms with Gasteiger partial charge in [-0.1, -0.05) is 17.4 Å². The second-order valence-electron chi connectivity index (χ2n) is 11.1. The molecule has 0 saturated heterocycles. The molecule has 15 heteroatoms. The standard InChI is InChI=1S/C27H34FN9O5/c1-16-11-17(5-6-18(16)28)12-30-21(39)19-20(38)22(40)37-14-26(13-31-34-32-15-29)7-9-27(10-8-26,25(37)33-19)36(4)24(42)23(41)35(2)3/h5-6,11,15,38H,7-10,12-14H2,1-4H3,(H,30,39)(H2,29,31,32). The van der Waals surface area contributed by atoms with E-state index < -0.39 is 45.7 Å². The highest BCUT2D eigenvalue weighted by Crippen LogP contribution is 2.51. The van der Waals surface area contributed by atoms with Crippen molar-refractivity contribution in [3.05, 3.63) is 57.0 Å². The summed E-state index contributed by atoms with van der Waals surface area (Å²) in [6, 6.07) is 4.35. The zero-order chi connectivity index (χ0) is 30.8. The van der Waals surface area contributed by atoms with Gasteiger partial charge in [-0.3, -0.25) is 34.6 Å². The van der Waals surface area contributed by atoms with Gasteiger partial charge >= 0.3 is 11.8 Å². The number of rotatable bonds is 8. The summed E-state index contributed by atoms with van der Waals surface area (Å²) in [5, 5.41) is 27.7. The summed E-state index contributed by atoms with van der Waals surface area (Å²) in [5.74, 6) is -3.55. The first-order valence-electron chi connectivity index (χ1n) is 13.3. The van der Waals surface area contributed by atoms with Crippen LogP contribution in [0.5, 0.6) is 5.75 Å². The van der Waals surface area contributed by atoms with E-state index >= 15 is 0 Å². The fourth-order valence-electron chi connectivity index (χ4n) is 5.72. The molecule has 14 nitrogen and oxygen atoms in total. The number of aryl methyl sites for hydroxylation is 1. The first kappa shape index (κ1) is 30.3. The molecule has 42 heavy (non-hydrogen) atoms. The lowest BCUT2D eigenvalue weighted by Gasteiger charge is -2.46. The van der Waals surface area contributed by atoms with Crippen molar-refractivity contribution in [2.45, 2.75) is 51.2 Å².